The lowest BCUT2D eigenvalue weighted by molar-refractivity contribution is -0.141. The topological polar surface area (TPSA) is 449 Å². The van der Waals surface area contributed by atoms with Crippen molar-refractivity contribution in [3.63, 3.8) is 0 Å². The fourth-order valence-corrected chi connectivity index (χ4v) is 8.01. The van der Waals surface area contributed by atoms with Crippen LogP contribution in [0.5, 0.6) is 11.5 Å². The fourth-order valence-electron chi connectivity index (χ4n) is 8.01. The molecule has 0 aliphatic carbocycles. The number of hydrogen-bond acceptors (Lipinski definition) is 16. The van der Waals surface area contributed by atoms with E-state index in [1.165, 1.54) is 55.5 Å². The van der Waals surface area contributed by atoms with Crippen LogP contribution in [0.3, 0.4) is 0 Å². The molecule has 79 heavy (non-hydrogen) atoms. The minimum Gasteiger partial charge on any atom is -0.508 e. The van der Waals surface area contributed by atoms with Crippen LogP contribution < -0.4 is 65.5 Å². The lowest BCUT2D eigenvalue weighted by Gasteiger charge is -2.28. The van der Waals surface area contributed by atoms with E-state index in [2.05, 4.69) is 42.5 Å². The van der Waals surface area contributed by atoms with Crippen molar-refractivity contribution in [1.82, 2.24) is 42.5 Å². The van der Waals surface area contributed by atoms with Crippen molar-refractivity contribution in [1.29, 1.82) is 0 Å². The van der Waals surface area contributed by atoms with E-state index in [1.807, 2.05) is 13.8 Å². The molecule has 0 aliphatic rings. The van der Waals surface area contributed by atoms with Gasteiger partial charge in [-0.15, -0.1) is 0 Å². The normalized spacial score (nSPS) is 14.9. The maximum atomic E-state index is 14.4. The molecular formula is C53H82N12O14. The number of carbonyl (C=O) groups excluding carboxylic acids is 10. The predicted molar refractivity (Wildman–Crippen MR) is 290 cm³/mol. The Bertz CT molecular complexity index is 2360. The summed E-state index contributed by atoms with van der Waals surface area (Å²) < 4.78 is 0. The Balaban J connectivity index is 2.50. The minimum absolute atomic E-state index is 0.0251. The first-order valence-electron chi connectivity index (χ1n) is 26.4. The predicted octanol–water partition coefficient (Wildman–Crippen LogP) is -1.99. The molecule has 0 radical (unpaired) electrons. The molecule has 0 aliphatic heterocycles. The van der Waals surface area contributed by atoms with Crippen molar-refractivity contribution in [2.45, 2.75) is 166 Å². The summed E-state index contributed by atoms with van der Waals surface area (Å²) in [6.07, 6.45) is 1.17. The van der Waals surface area contributed by atoms with Crippen LogP contribution in [0.1, 0.15) is 110 Å². The zero-order valence-corrected chi connectivity index (χ0v) is 45.6. The van der Waals surface area contributed by atoms with Crippen molar-refractivity contribution in [2.24, 2.45) is 34.8 Å². The second-order valence-electron chi connectivity index (χ2n) is 20.0. The number of aldehydes is 1. The van der Waals surface area contributed by atoms with E-state index >= 15 is 0 Å². The summed E-state index contributed by atoms with van der Waals surface area (Å²) >= 11 is 0. The molecule has 0 heterocycles. The average molecular weight is 1110 g/mol. The van der Waals surface area contributed by atoms with Crippen molar-refractivity contribution < 1.29 is 68.1 Å². The average Bonchev–Trinajstić information content (AvgIpc) is 3.39. The second kappa shape index (κ2) is 34.9. The van der Waals surface area contributed by atoms with Crippen LogP contribution in [0.4, 0.5) is 0 Å². The summed E-state index contributed by atoms with van der Waals surface area (Å²) in [4.78, 5) is 147. The molecule has 0 spiro atoms. The molecule has 2 aromatic carbocycles. The van der Waals surface area contributed by atoms with E-state index in [-0.39, 0.29) is 36.8 Å². The van der Waals surface area contributed by atoms with Gasteiger partial charge in [0.1, 0.15) is 60.1 Å². The summed E-state index contributed by atoms with van der Waals surface area (Å²) in [6, 6.07) is -1.76. The van der Waals surface area contributed by atoms with Gasteiger partial charge >= 0.3 is 5.97 Å². The number of aliphatic carboxylic acids is 1. The van der Waals surface area contributed by atoms with Gasteiger partial charge < -0.3 is 85.6 Å². The van der Waals surface area contributed by atoms with Crippen LogP contribution in [-0.2, 0) is 65.6 Å². The van der Waals surface area contributed by atoms with E-state index in [0.29, 0.717) is 68.9 Å². The molecule has 9 amide bonds. The lowest BCUT2D eigenvalue weighted by Crippen LogP contribution is -2.61. The highest BCUT2D eigenvalue weighted by Gasteiger charge is 2.36. The third-order valence-electron chi connectivity index (χ3n) is 12.7. The second-order valence-corrected chi connectivity index (χ2v) is 20.0. The summed E-state index contributed by atoms with van der Waals surface area (Å²) in [5, 5.41) is 49.7. The van der Waals surface area contributed by atoms with Gasteiger partial charge in [-0.05, 0) is 106 Å². The van der Waals surface area contributed by atoms with Crippen LogP contribution in [0.25, 0.3) is 0 Å². The third-order valence-corrected chi connectivity index (χ3v) is 12.7. The Kier molecular flexibility index (Phi) is 29.8. The van der Waals surface area contributed by atoms with Gasteiger partial charge in [-0.1, -0.05) is 64.8 Å². The van der Waals surface area contributed by atoms with Crippen molar-refractivity contribution in [2.75, 3.05) is 13.1 Å². The van der Waals surface area contributed by atoms with Crippen LogP contribution in [0.2, 0.25) is 0 Å². The third kappa shape index (κ3) is 25.1. The standard InChI is InChI=1S/C53H82N12O14/c1-6-30(4)45(65-47(73)37(56)11-7-9-21-54)53(79)58-31(5)46(72)61-42(27-44(70)71)52(78)63-40(25-33-15-19-36(68)20-16-33)50(76)64-41(26-43(57)69)51(77)62-39(24-32-13-17-35(67)18-14-32)49(75)60-38(12-8-10-22-55)48(74)59-34(28-66)23-29(2)3/h13-20,28-31,34,37-42,45,67-68H,6-12,21-27,54-56H2,1-5H3,(H2,57,69)(H,58,79)(H,59,74)(H,60,75)(H,61,72)(H,62,77)(H,63,78)(H,64,76)(H,65,73)(H,70,71)/t30-,31-,34-,37-,38-,39-,40-,41-,42-,45-/m0/s1. The summed E-state index contributed by atoms with van der Waals surface area (Å²) in [5.41, 5.74) is 23.5. The van der Waals surface area contributed by atoms with E-state index < -0.39 is 139 Å². The molecule has 0 bridgehead atoms. The Morgan fingerprint density at radius 1 is 0.532 bits per heavy atom. The quantitative estimate of drug-likeness (QED) is 0.0257. The molecule has 26 heteroatoms. The number of benzene rings is 2. The number of nitrogens with two attached hydrogens (primary N) is 4. The van der Waals surface area contributed by atoms with Gasteiger partial charge in [0.15, 0.2) is 0 Å². The Hall–Kier alpha value is -7.71. The largest absolute Gasteiger partial charge is 0.508 e. The highest BCUT2D eigenvalue weighted by Crippen LogP contribution is 2.16. The molecule has 26 nitrogen and oxygen atoms in total. The zero-order valence-electron chi connectivity index (χ0n) is 45.6. The van der Waals surface area contributed by atoms with Crippen LogP contribution in [-0.4, -0.2) is 148 Å². The Morgan fingerprint density at radius 2 is 0.962 bits per heavy atom. The number of phenols is 2. The van der Waals surface area contributed by atoms with Gasteiger partial charge in [0.2, 0.25) is 53.2 Å². The van der Waals surface area contributed by atoms with E-state index in [0.717, 1.165) is 0 Å². The molecule has 0 fully saturated rings. The van der Waals surface area contributed by atoms with Gasteiger partial charge in [-0.25, -0.2) is 0 Å². The number of carboxylic acids is 1. The number of phenolic OH excluding ortho intramolecular Hbond substituents is 2. The van der Waals surface area contributed by atoms with E-state index in [9.17, 15) is 68.1 Å². The van der Waals surface area contributed by atoms with Crippen LogP contribution in [0.15, 0.2) is 48.5 Å². The first kappa shape index (κ1) is 67.4. The van der Waals surface area contributed by atoms with Gasteiger partial charge in [-0.2, -0.15) is 0 Å². The first-order chi connectivity index (χ1) is 37.3. The van der Waals surface area contributed by atoms with Crippen molar-refractivity contribution in [3.05, 3.63) is 59.7 Å². The summed E-state index contributed by atoms with van der Waals surface area (Å²) in [7, 11) is 0. The lowest BCUT2D eigenvalue weighted by atomic mass is 9.97. The first-order valence-corrected chi connectivity index (χ1v) is 26.4. The Labute approximate surface area is 459 Å². The maximum Gasteiger partial charge on any atom is 0.305 e. The highest BCUT2D eigenvalue weighted by atomic mass is 16.4. The molecule has 2 aromatic rings. The molecule has 0 unspecified atom stereocenters. The number of unbranched alkanes of at least 4 members (excludes halogenated alkanes) is 2. The van der Waals surface area contributed by atoms with Gasteiger partial charge in [0, 0.05) is 12.8 Å². The SMILES string of the molecule is CC[C@H](C)[C@H](NC(=O)[C@@H](N)CCCCN)C(=O)N[C@@H](C)C(=O)N[C@@H](CC(=O)O)C(=O)N[C@@H](Cc1ccc(O)cc1)C(=O)N[C@@H](CC(N)=O)C(=O)N[C@@H](Cc1ccc(O)cc1)C(=O)N[C@@H](CCCCN)C(=O)N[C@H](C=O)CC(C)C. The molecule has 19 N–H and O–H groups in total. The molecule has 438 valence electrons. The van der Waals surface area contributed by atoms with E-state index in [1.54, 1.807) is 13.8 Å². The molecule has 0 aromatic heterocycles. The highest BCUT2D eigenvalue weighted by molar-refractivity contribution is 5.99. The monoisotopic (exact) mass is 1110 g/mol. The summed E-state index contributed by atoms with van der Waals surface area (Å²) in [5.74, 6) is -10.9. The van der Waals surface area contributed by atoms with Crippen LogP contribution in [0, 0.1) is 11.8 Å². The number of carboxylic acid groups (broad SMARTS) is 1. The van der Waals surface area contributed by atoms with Crippen LogP contribution >= 0.6 is 0 Å². The summed E-state index contributed by atoms with van der Waals surface area (Å²) in [6.45, 7) is 9.10. The number of hydrogen-bond donors (Lipinski definition) is 15. The van der Waals surface area contributed by atoms with Gasteiger partial charge in [-0.3, -0.25) is 47.9 Å². The fraction of sp³-hybridized carbons (Fsp3) is 0.566. The number of amides is 9. The molecule has 0 saturated heterocycles. The number of primary amides is 1. The number of aromatic hydroxyl groups is 2. The molecule has 0 saturated carbocycles. The van der Waals surface area contributed by atoms with Crippen molar-refractivity contribution >= 4 is 65.4 Å². The number of carbonyl (C=O) groups is 11. The zero-order chi connectivity index (χ0) is 59.4. The minimum atomic E-state index is -1.90. The maximum absolute atomic E-state index is 14.4. The van der Waals surface area contributed by atoms with Gasteiger partial charge in [0.05, 0.1) is 24.9 Å². The number of nitrogens with one attached hydrogen (secondary N) is 8. The Morgan fingerprint density at radius 3 is 1.41 bits per heavy atom. The molecule has 10 atom stereocenters. The number of rotatable bonds is 37. The van der Waals surface area contributed by atoms with Gasteiger partial charge in [0.25, 0.3) is 0 Å². The molecular weight excluding hydrogens is 1030 g/mol. The molecule has 2 rings (SSSR count). The smallest absolute Gasteiger partial charge is 0.305 e. The van der Waals surface area contributed by atoms with Crippen molar-refractivity contribution in [3.8, 4) is 11.5 Å². The van der Waals surface area contributed by atoms with E-state index in [4.69, 9.17) is 22.9 Å².